The molecule has 0 aromatic heterocycles. The van der Waals surface area contributed by atoms with E-state index >= 15 is 0 Å². The zero-order chi connectivity index (χ0) is 13.3. The second-order valence-electron chi connectivity index (χ2n) is 5.61. The Morgan fingerprint density at radius 1 is 1.17 bits per heavy atom. The van der Waals surface area contributed by atoms with Gasteiger partial charge in [0.1, 0.15) is 0 Å². The molecule has 1 aromatic carbocycles. The Hall–Kier alpha value is -1.28. The van der Waals surface area contributed by atoms with E-state index < -0.39 is 8.80 Å². The molecule has 0 N–H and O–H groups in total. The number of hydrogen-bond acceptors (Lipinski definition) is 1. The first-order chi connectivity index (χ1) is 8.49. The molecule has 1 nitrogen and oxygen atoms in total. The minimum Gasteiger partial charge on any atom is -0.370 e. The maximum atomic E-state index is 2.38. The van der Waals surface area contributed by atoms with Crippen LogP contribution >= 0.6 is 0 Å². The molecule has 1 unspecified atom stereocenters. The van der Waals surface area contributed by atoms with Crippen LogP contribution in [0.15, 0.2) is 41.7 Å². The molecule has 0 saturated heterocycles. The average molecular weight is 257 g/mol. The van der Waals surface area contributed by atoms with Gasteiger partial charge in [-0.05, 0) is 36.4 Å². The van der Waals surface area contributed by atoms with Crippen LogP contribution in [0.3, 0.4) is 0 Å². The Kier molecular flexibility index (Phi) is 3.76. The fourth-order valence-corrected chi connectivity index (χ4v) is 3.55. The van der Waals surface area contributed by atoms with E-state index in [0.717, 1.165) is 0 Å². The highest BCUT2D eigenvalue weighted by molar-refractivity contribution is 6.64. The Bertz CT molecular complexity index is 500. The van der Waals surface area contributed by atoms with Gasteiger partial charge in [0.15, 0.2) is 0 Å². The topological polar surface area (TPSA) is 3.24 Å². The normalized spacial score (nSPS) is 19.3. The Morgan fingerprint density at radius 2 is 1.89 bits per heavy atom. The first-order valence-corrected chi connectivity index (χ1v) is 9.56. The van der Waals surface area contributed by atoms with Gasteiger partial charge < -0.3 is 4.90 Å². The molecule has 1 heterocycles. The van der Waals surface area contributed by atoms with Crippen LogP contribution in [0.2, 0.25) is 13.1 Å². The molecule has 0 fully saturated rings. The molecule has 2 heteroatoms. The smallest absolute Gasteiger partial charge is 0.0723 e. The maximum Gasteiger partial charge on any atom is 0.0723 e. The van der Waals surface area contributed by atoms with Crippen molar-refractivity contribution in [2.24, 2.45) is 0 Å². The quantitative estimate of drug-likeness (QED) is 0.729. The predicted molar refractivity (Wildman–Crippen MR) is 82.5 cm³/mol. The van der Waals surface area contributed by atoms with Crippen LogP contribution in [0.25, 0.3) is 0 Å². The van der Waals surface area contributed by atoms with E-state index in [0.29, 0.717) is 6.04 Å². The van der Waals surface area contributed by atoms with Gasteiger partial charge in [-0.25, -0.2) is 0 Å². The van der Waals surface area contributed by atoms with Crippen LogP contribution in [-0.4, -0.2) is 20.7 Å². The lowest BCUT2D eigenvalue weighted by atomic mass is 9.97. The van der Waals surface area contributed by atoms with Crippen molar-refractivity contribution in [2.75, 3.05) is 7.05 Å². The molecule has 0 amide bonds. The fourth-order valence-electron chi connectivity index (χ4n) is 2.52. The third-order valence-electron chi connectivity index (χ3n) is 3.67. The molecule has 1 atom stereocenters. The summed E-state index contributed by atoms with van der Waals surface area (Å²) in [5.41, 5.74) is 4.14. The van der Waals surface area contributed by atoms with Gasteiger partial charge in [-0.2, -0.15) is 0 Å². The molecule has 96 valence electrons. The first-order valence-electron chi connectivity index (χ1n) is 6.68. The summed E-state index contributed by atoms with van der Waals surface area (Å²) in [6.45, 7) is 9.11. The summed E-state index contributed by atoms with van der Waals surface area (Å²) < 4.78 is 0. The van der Waals surface area contributed by atoms with E-state index in [-0.39, 0.29) is 0 Å². The van der Waals surface area contributed by atoms with Crippen molar-refractivity contribution >= 4 is 8.80 Å². The number of nitrogens with zero attached hydrogens (tertiary/aromatic N) is 1. The summed E-state index contributed by atoms with van der Waals surface area (Å²) >= 11 is 0. The van der Waals surface area contributed by atoms with Gasteiger partial charge in [-0.3, -0.25) is 0 Å². The van der Waals surface area contributed by atoms with E-state index in [1.807, 2.05) is 0 Å². The summed E-state index contributed by atoms with van der Waals surface area (Å²) in [4.78, 5) is 2.35. The molecular weight excluding hydrogens is 234 g/mol. The van der Waals surface area contributed by atoms with Crippen molar-refractivity contribution < 1.29 is 0 Å². The minimum atomic E-state index is -0.699. The van der Waals surface area contributed by atoms with Crippen LogP contribution in [0.1, 0.15) is 22.7 Å². The van der Waals surface area contributed by atoms with E-state index in [2.05, 4.69) is 75.4 Å². The number of rotatable bonds is 2. The van der Waals surface area contributed by atoms with Crippen molar-refractivity contribution in [2.45, 2.75) is 33.0 Å². The molecule has 0 aliphatic carbocycles. The van der Waals surface area contributed by atoms with E-state index in [9.17, 15) is 0 Å². The lowest BCUT2D eigenvalue weighted by molar-refractivity contribution is 0.387. The van der Waals surface area contributed by atoms with Crippen molar-refractivity contribution in [1.82, 2.24) is 4.90 Å². The zero-order valence-corrected chi connectivity index (χ0v) is 13.2. The highest BCUT2D eigenvalue weighted by atomic mass is 28.3. The number of aryl methyl sites for hydroxylation is 2. The van der Waals surface area contributed by atoms with Crippen LogP contribution in [-0.2, 0) is 0 Å². The third kappa shape index (κ3) is 2.59. The number of likely N-dealkylation sites (N-methyl/N-ethyl adjacent to an activating group) is 1. The lowest BCUT2D eigenvalue weighted by Gasteiger charge is -2.30. The molecule has 0 radical (unpaired) electrons. The zero-order valence-electron chi connectivity index (χ0n) is 12.1. The highest BCUT2D eigenvalue weighted by Crippen LogP contribution is 2.29. The van der Waals surface area contributed by atoms with Crippen LogP contribution in [0.4, 0.5) is 0 Å². The number of benzene rings is 1. The predicted octanol–water partition coefficient (Wildman–Crippen LogP) is 3.76. The maximum absolute atomic E-state index is 2.38. The Balaban J connectivity index is 2.29. The highest BCUT2D eigenvalue weighted by Gasteiger charge is 2.18. The Labute approximate surface area is 112 Å². The van der Waals surface area contributed by atoms with Crippen molar-refractivity contribution in [3.8, 4) is 0 Å². The summed E-state index contributed by atoms with van der Waals surface area (Å²) in [5, 5.41) is 1.54. The summed E-state index contributed by atoms with van der Waals surface area (Å²) in [5.74, 6) is 0. The molecule has 0 bridgehead atoms. The SMILES string of the molecule is Cc1ccc(C2C=CC([SiH](C)C)=CN2C)c(C)c1. The van der Waals surface area contributed by atoms with Crippen molar-refractivity contribution in [3.05, 3.63) is 58.4 Å². The van der Waals surface area contributed by atoms with Crippen LogP contribution in [0.5, 0.6) is 0 Å². The molecular formula is C16H23NSi. The molecule has 18 heavy (non-hydrogen) atoms. The van der Waals surface area contributed by atoms with E-state index in [1.54, 1.807) is 5.20 Å². The van der Waals surface area contributed by atoms with Crippen molar-refractivity contribution in [1.29, 1.82) is 0 Å². The second kappa shape index (κ2) is 5.15. The van der Waals surface area contributed by atoms with Crippen LogP contribution < -0.4 is 0 Å². The summed E-state index contributed by atoms with van der Waals surface area (Å²) in [6.07, 6.45) is 7.02. The Morgan fingerprint density at radius 3 is 2.44 bits per heavy atom. The van der Waals surface area contributed by atoms with Gasteiger partial charge in [-0.1, -0.05) is 49.0 Å². The van der Waals surface area contributed by atoms with Crippen LogP contribution in [0, 0.1) is 13.8 Å². The molecule has 1 aliphatic heterocycles. The average Bonchev–Trinajstić information content (AvgIpc) is 2.30. The third-order valence-corrected chi connectivity index (χ3v) is 5.35. The molecule has 0 spiro atoms. The van der Waals surface area contributed by atoms with Crippen molar-refractivity contribution in [3.63, 3.8) is 0 Å². The van der Waals surface area contributed by atoms with Gasteiger partial charge in [0.05, 0.1) is 14.8 Å². The fraction of sp³-hybridized carbons (Fsp3) is 0.375. The van der Waals surface area contributed by atoms with Gasteiger partial charge >= 0.3 is 0 Å². The van der Waals surface area contributed by atoms with Gasteiger partial charge in [-0.15, -0.1) is 0 Å². The monoisotopic (exact) mass is 257 g/mol. The van der Waals surface area contributed by atoms with E-state index in [4.69, 9.17) is 0 Å². The van der Waals surface area contributed by atoms with Gasteiger partial charge in [0.25, 0.3) is 0 Å². The molecule has 2 rings (SSSR count). The van der Waals surface area contributed by atoms with Gasteiger partial charge in [0, 0.05) is 7.05 Å². The molecule has 1 aliphatic rings. The summed E-state index contributed by atoms with van der Waals surface area (Å²) in [6, 6.07) is 7.14. The number of allylic oxidation sites excluding steroid dienone is 2. The van der Waals surface area contributed by atoms with E-state index in [1.165, 1.54) is 16.7 Å². The standard InChI is InChI=1S/C16H23NSi/c1-12-6-8-15(13(2)10-12)16-9-7-14(18(4)5)11-17(16)3/h6-11,16,18H,1-5H3. The van der Waals surface area contributed by atoms with Gasteiger partial charge in [0.2, 0.25) is 0 Å². The summed E-state index contributed by atoms with van der Waals surface area (Å²) in [7, 11) is 1.49. The first kappa shape index (κ1) is 13.2. The second-order valence-corrected chi connectivity index (χ2v) is 8.59. The molecule has 1 aromatic rings. The number of hydrogen-bond donors (Lipinski definition) is 0. The largest absolute Gasteiger partial charge is 0.370 e. The lowest BCUT2D eigenvalue weighted by Crippen LogP contribution is -2.23. The minimum absolute atomic E-state index is 0.391. The molecule has 0 saturated carbocycles.